The Morgan fingerprint density at radius 1 is 0.408 bits per heavy atom. The van der Waals surface area contributed by atoms with Gasteiger partial charge in [-0.1, -0.05) is 135 Å². The Morgan fingerprint density at radius 2 is 0.728 bits per heavy atom. The molecule has 5 amide bonds. The molecule has 8 aromatic rings. The van der Waals surface area contributed by atoms with Crippen molar-refractivity contribution in [2.24, 2.45) is 41.4 Å². The highest BCUT2D eigenvalue weighted by molar-refractivity contribution is 6.04. The van der Waals surface area contributed by atoms with Crippen LogP contribution in [0.5, 0.6) is 51.7 Å². The zero-order valence-corrected chi connectivity index (χ0v) is 72.5. The number of amides is 5. The summed E-state index contributed by atoms with van der Waals surface area (Å²) in [6.07, 6.45) is 8.93. The lowest BCUT2D eigenvalue weighted by atomic mass is 9.81. The van der Waals surface area contributed by atoms with Crippen LogP contribution in [0.1, 0.15) is 168 Å². The van der Waals surface area contributed by atoms with Crippen LogP contribution >= 0.6 is 0 Å². The van der Waals surface area contributed by atoms with Gasteiger partial charge in [-0.25, -0.2) is 11.0 Å². The summed E-state index contributed by atoms with van der Waals surface area (Å²) >= 11 is 0. The summed E-state index contributed by atoms with van der Waals surface area (Å²) in [7, 11) is 9.27. The van der Waals surface area contributed by atoms with Crippen LogP contribution < -0.4 is 69.5 Å². The van der Waals surface area contributed by atoms with Gasteiger partial charge in [0.05, 0.1) is 111 Å². The van der Waals surface area contributed by atoms with E-state index < -0.39 is 83.2 Å². The number of hydrogen-bond donors (Lipinski definition) is 9. The number of carbonyl (C=O) groups is 9. The van der Waals surface area contributed by atoms with Crippen LogP contribution in [-0.2, 0) is 67.5 Å². The molecule has 9 N–H and O–H groups in total. The predicted octanol–water partition coefficient (Wildman–Crippen LogP) is 13.9. The molecule has 6 aliphatic heterocycles. The molecule has 8 aromatic carbocycles. The molecule has 0 aliphatic carbocycles. The number of fused-ring (bicyclic) bond motifs is 36. The second kappa shape index (κ2) is 49.8. The van der Waals surface area contributed by atoms with Crippen LogP contribution in [0, 0.1) is 41.4 Å². The van der Waals surface area contributed by atoms with E-state index in [0.29, 0.717) is 197 Å². The van der Waals surface area contributed by atoms with E-state index in [1.807, 2.05) is 123 Å². The third kappa shape index (κ3) is 28.3. The molecule has 9 atom stereocenters. The second-order valence-electron chi connectivity index (χ2n) is 31.9. The number of carbonyl (C=O) groups excluding carboxylic acids is 8. The predicted molar refractivity (Wildman–Crippen MR) is 468 cm³/mol. The molecular weight excluding hydrogens is 1600 g/mol. The van der Waals surface area contributed by atoms with Crippen LogP contribution in [0.25, 0.3) is 0 Å². The van der Waals surface area contributed by atoms with Crippen molar-refractivity contribution in [3.05, 3.63) is 232 Å². The van der Waals surface area contributed by atoms with Crippen molar-refractivity contribution in [1.82, 2.24) is 26.9 Å². The first-order chi connectivity index (χ1) is 60.5. The first-order valence-corrected chi connectivity index (χ1v) is 42.7. The number of Topliss-reactive ketones (excluding diaryl/α,β-unsaturated/α-hetero) is 3. The quantitative estimate of drug-likeness (QED) is 0.0138. The molecule has 0 saturated heterocycles. The number of ether oxygens (including phenoxy) is 9. The van der Waals surface area contributed by atoms with E-state index >= 15 is 0 Å². The van der Waals surface area contributed by atoms with Crippen molar-refractivity contribution in [3.63, 3.8) is 0 Å². The van der Waals surface area contributed by atoms with E-state index in [1.54, 1.807) is 112 Å². The highest BCUT2D eigenvalue weighted by Crippen LogP contribution is 2.41. The molecule has 14 rings (SSSR count). The zero-order valence-electron chi connectivity index (χ0n) is 72.5. The van der Waals surface area contributed by atoms with Gasteiger partial charge in [-0.2, -0.15) is 0 Å². The Bertz CT molecular complexity index is 4750. The minimum Gasteiger partial charge on any atom is -0.494 e. The molecule has 6 bridgehead atoms. The van der Waals surface area contributed by atoms with Crippen LogP contribution in [0.3, 0.4) is 0 Å². The normalized spacial score (nSPS) is 19.6. The third-order valence-electron chi connectivity index (χ3n) is 22.9. The molecule has 0 radical (unpaired) electrons. The Hall–Kier alpha value is -12.3. The van der Waals surface area contributed by atoms with Crippen molar-refractivity contribution in [2.45, 2.75) is 161 Å². The number of hydroxylamine groups is 2. The number of aliphatic hydroxyl groups is 1. The fraction of sp³-hybridized carbons (Fsp3) is 0.418. The van der Waals surface area contributed by atoms with Crippen molar-refractivity contribution in [1.29, 1.82) is 0 Å². The molecule has 125 heavy (non-hydrogen) atoms. The van der Waals surface area contributed by atoms with Gasteiger partial charge in [-0.3, -0.25) is 53.6 Å². The molecule has 6 aliphatic rings. The number of benzene rings is 8. The van der Waals surface area contributed by atoms with E-state index in [-0.39, 0.29) is 55.0 Å². The van der Waals surface area contributed by atoms with Gasteiger partial charge in [0.25, 0.3) is 0 Å². The van der Waals surface area contributed by atoms with Crippen LogP contribution in [0.4, 0.5) is 0 Å². The average Bonchev–Trinajstić information content (AvgIpc) is 1.02. The van der Waals surface area contributed by atoms with E-state index in [2.05, 4.69) is 16.0 Å². The molecule has 0 fully saturated rings. The van der Waals surface area contributed by atoms with Crippen molar-refractivity contribution >= 4 is 52.9 Å². The lowest BCUT2D eigenvalue weighted by Crippen LogP contribution is -2.48. The number of rotatable bonds is 26. The highest BCUT2D eigenvalue weighted by Gasteiger charge is 2.40. The van der Waals surface area contributed by atoms with Gasteiger partial charge >= 0.3 is 5.97 Å². The standard InChI is InChI=1S/C35H42N2O8.C35H41NO8.C28H36N2O6/c1-42-30-21-24(22-31(43-2)33(30)44-3)10-9-14-27-28(35(40)37-41)13-7-8-19-45-26-17-15-23(16-18-26)20-29(36-34(27)39)32(38)25-11-5-4-6-12-25;1-41-30-21-24(22-31(42-2)33(30)43-3)10-9-14-27-28(35(39)40)13-7-8-19-44-26-17-15-23(16-18-26)20-29(36-34(27)38)32(37)25-11-5-4-6-12-25;1-18(2)15-24-23(28(34)30-35)5-3-4-14-36-22-12-8-19(9-13-22)16-25(29-27(24)33)26(32)21-10-6-20(17-31)7-11-21/h4-6,11-12,15-18,21-22,27-29,41H,7-10,13-14,19-20H2,1-3H3,(H,36,39)(H,37,40);4-6,11-12,15-18,21-22,27-29H,7-10,13-14,19-20H2,1-3H3,(H,36,38)(H,39,40);6-13,18,23-25,31,35H,3-5,14-17H2,1-2H3,(H,29,33)(H,30,34)/t2*27-,28+,29+;23-,24+,25-/m110/s1. The molecule has 6 heterocycles. The lowest BCUT2D eigenvalue weighted by molar-refractivity contribution is -0.148. The maximum atomic E-state index is 14.1. The largest absolute Gasteiger partial charge is 0.494 e. The number of hydrogen-bond acceptors (Lipinski definition) is 21. The summed E-state index contributed by atoms with van der Waals surface area (Å²) in [6.45, 7) is 5.17. The highest BCUT2D eigenvalue weighted by atomic mass is 16.5. The SMILES string of the molecule is CC(C)C[C@H]1C(=O)N[C@H](C(=O)c2ccc(CO)cc2)Cc2ccc(cc2)OCCCC[C@@H]1C(=O)NO.COc1cc(CCC[C@H]2C(=O)N[C@H](C(=O)c3ccccc3)Cc3ccc(cc3)OCCCC[C@@H]2C(=O)NO)cc(OC)c1OC.COc1cc(CCC[C@H]2C(=O)N[C@H](C(=O)c3ccccc3)Cc3ccc(cc3)OCCCC[C@@H]2C(=O)O)cc(OC)c1OC. The number of nitrogens with one attached hydrogen (secondary N) is 5. The molecule has 27 heteroatoms. The first kappa shape index (κ1) is 96.5. The maximum absolute atomic E-state index is 14.1. The topological polar surface area (TPSA) is 378 Å². The maximum Gasteiger partial charge on any atom is 0.307 e. The molecule has 0 saturated carbocycles. The van der Waals surface area contributed by atoms with Gasteiger partial charge in [0.1, 0.15) is 17.2 Å². The number of aryl methyl sites for hydroxylation is 2. The molecule has 0 aromatic heterocycles. The number of methoxy groups -OCH3 is 6. The fourth-order valence-corrected chi connectivity index (χ4v) is 16.2. The summed E-state index contributed by atoms with van der Waals surface area (Å²) in [5.41, 5.74) is 9.94. The van der Waals surface area contributed by atoms with Crippen molar-refractivity contribution in [2.75, 3.05) is 62.5 Å². The van der Waals surface area contributed by atoms with Gasteiger partial charge in [0, 0.05) is 47.8 Å². The van der Waals surface area contributed by atoms with Crippen molar-refractivity contribution < 1.29 is 106 Å². The minimum absolute atomic E-state index is 0.118. The summed E-state index contributed by atoms with van der Waals surface area (Å²) in [5, 5.41) is 47.6. The Balaban J connectivity index is 0.000000214. The molecule has 668 valence electrons. The van der Waals surface area contributed by atoms with E-state index in [4.69, 9.17) is 42.6 Å². The summed E-state index contributed by atoms with van der Waals surface area (Å²) in [4.78, 5) is 121. The number of ketones is 3. The Morgan fingerprint density at radius 3 is 1.04 bits per heavy atom. The monoisotopic (exact) mass is 1720 g/mol. The van der Waals surface area contributed by atoms with Crippen LogP contribution in [0.2, 0.25) is 0 Å². The van der Waals surface area contributed by atoms with Gasteiger partial charge in [-0.15, -0.1) is 0 Å². The summed E-state index contributed by atoms with van der Waals surface area (Å²) in [6, 6.07) is 51.5. The molecule has 0 unspecified atom stereocenters. The van der Waals surface area contributed by atoms with Gasteiger partial charge < -0.3 is 68.8 Å². The zero-order chi connectivity index (χ0) is 89.7. The fourth-order valence-electron chi connectivity index (χ4n) is 16.2. The molecular formula is C98H119N5O22. The number of aliphatic hydroxyl groups excluding tert-OH is 1. The Kier molecular flexibility index (Phi) is 38.5. The second-order valence-corrected chi connectivity index (χ2v) is 31.9. The number of carboxylic acid groups (broad SMARTS) is 1. The molecule has 27 nitrogen and oxygen atoms in total. The van der Waals surface area contributed by atoms with Gasteiger partial charge in [0.15, 0.2) is 40.3 Å². The average molecular weight is 1720 g/mol. The smallest absolute Gasteiger partial charge is 0.307 e. The minimum atomic E-state index is -1.03. The van der Waals surface area contributed by atoms with Gasteiger partial charge in [0.2, 0.25) is 41.0 Å². The number of aliphatic carboxylic acids is 1. The summed E-state index contributed by atoms with van der Waals surface area (Å²) in [5.74, 6) is -3.74. The Labute approximate surface area is 730 Å². The summed E-state index contributed by atoms with van der Waals surface area (Å²) < 4.78 is 50.4. The third-order valence-corrected chi connectivity index (χ3v) is 22.9. The lowest BCUT2D eigenvalue weighted by Gasteiger charge is -2.28. The number of carboxylic acids is 1. The van der Waals surface area contributed by atoms with E-state index in [0.717, 1.165) is 27.8 Å². The van der Waals surface area contributed by atoms with Crippen LogP contribution in [-0.4, -0.2) is 154 Å². The van der Waals surface area contributed by atoms with Crippen LogP contribution in [0.15, 0.2) is 182 Å². The van der Waals surface area contributed by atoms with Gasteiger partial charge in [-0.05, 0) is 203 Å². The van der Waals surface area contributed by atoms with Crippen molar-refractivity contribution in [3.8, 4) is 51.7 Å². The van der Waals surface area contributed by atoms with E-state index in [9.17, 15) is 63.8 Å². The van der Waals surface area contributed by atoms with E-state index in [1.165, 1.54) is 14.2 Å². The molecule has 0 spiro atoms. The first-order valence-electron chi connectivity index (χ1n) is 42.7.